The molecule has 2 N–H and O–H groups in total. The molecule has 1 aliphatic rings. The van der Waals surface area contributed by atoms with Gasteiger partial charge in [-0.2, -0.15) is 0 Å². The number of hydrogen-bond acceptors (Lipinski definition) is 2. The first kappa shape index (κ1) is 11.4. The maximum absolute atomic E-state index is 6.15. The third-order valence-corrected chi connectivity index (χ3v) is 3.10. The third-order valence-electron chi connectivity index (χ3n) is 3.10. The highest BCUT2D eigenvalue weighted by Crippen LogP contribution is 2.25. The summed E-state index contributed by atoms with van der Waals surface area (Å²) in [7, 11) is 0. The summed E-state index contributed by atoms with van der Waals surface area (Å²) in [6, 6.07) is 6.61. The van der Waals surface area contributed by atoms with E-state index < -0.39 is 0 Å². The van der Waals surface area contributed by atoms with E-state index in [1.807, 2.05) is 6.08 Å². The molecular formula is C14H19NO. The van der Waals surface area contributed by atoms with Gasteiger partial charge in [0.15, 0.2) is 0 Å². The number of rotatable bonds is 5. The first-order valence-corrected chi connectivity index (χ1v) is 5.87. The molecule has 1 aromatic carbocycles. The number of fused-ring (bicyclic) bond motifs is 1. The molecule has 1 aliphatic heterocycles. The Morgan fingerprint density at radius 3 is 3.00 bits per heavy atom. The number of unbranched alkanes of at least 4 members (excludes halogenated alkanes) is 1. The largest absolute Gasteiger partial charge is 0.372 e. The summed E-state index contributed by atoms with van der Waals surface area (Å²) in [5.41, 5.74) is 9.99. The van der Waals surface area contributed by atoms with Crippen LogP contribution in [0.5, 0.6) is 0 Å². The summed E-state index contributed by atoms with van der Waals surface area (Å²) in [5.74, 6) is 0. The van der Waals surface area contributed by atoms with Crippen LogP contribution in [-0.2, 0) is 18.0 Å². The lowest BCUT2D eigenvalue weighted by atomic mass is 9.98. The van der Waals surface area contributed by atoms with E-state index in [1.54, 1.807) is 0 Å². The lowest BCUT2D eigenvalue weighted by Crippen LogP contribution is -2.10. The SMILES string of the molecule is C=CCCCC(N)c1ccc2c(c1)COC2. The van der Waals surface area contributed by atoms with Crippen LogP contribution < -0.4 is 5.73 Å². The third kappa shape index (κ3) is 2.52. The van der Waals surface area contributed by atoms with Gasteiger partial charge < -0.3 is 10.5 Å². The molecule has 1 atom stereocenters. The molecule has 16 heavy (non-hydrogen) atoms. The molecule has 0 aliphatic carbocycles. The van der Waals surface area contributed by atoms with Crippen molar-refractivity contribution >= 4 is 0 Å². The zero-order valence-electron chi connectivity index (χ0n) is 9.61. The van der Waals surface area contributed by atoms with Gasteiger partial charge in [-0.1, -0.05) is 24.3 Å². The maximum atomic E-state index is 6.15. The average Bonchev–Trinajstić information content (AvgIpc) is 2.76. The van der Waals surface area contributed by atoms with Crippen LogP contribution in [0.3, 0.4) is 0 Å². The van der Waals surface area contributed by atoms with Crippen molar-refractivity contribution in [3.8, 4) is 0 Å². The van der Waals surface area contributed by atoms with Gasteiger partial charge in [0.25, 0.3) is 0 Å². The summed E-state index contributed by atoms with van der Waals surface area (Å²) < 4.78 is 5.39. The van der Waals surface area contributed by atoms with Gasteiger partial charge in [0.2, 0.25) is 0 Å². The van der Waals surface area contributed by atoms with Gasteiger partial charge in [0.1, 0.15) is 0 Å². The lowest BCUT2D eigenvalue weighted by molar-refractivity contribution is 0.134. The molecule has 0 saturated heterocycles. The Hall–Kier alpha value is -1.12. The molecule has 0 saturated carbocycles. The highest BCUT2D eigenvalue weighted by atomic mass is 16.5. The predicted octanol–water partition coefficient (Wildman–Crippen LogP) is 3.07. The fourth-order valence-electron chi connectivity index (χ4n) is 2.07. The van der Waals surface area contributed by atoms with Crippen LogP contribution in [0, 0.1) is 0 Å². The molecule has 1 unspecified atom stereocenters. The predicted molar refractivity (Wildman–Crippen MR) is 65.9 cm³/mol. The van der Waals surface area contributed by atoms with E-state index in [0.717, 1.165) is 32.5 Å². The Labute approximate surface area is 97.1 Å². The van der Waals surface area contributed by atoms with Crippen molar-refractivity contribution in [2.75, 3.05) is 0 Å². The molecule has 0 bridgehead atoms. The van der Waals surface area contributed by atoms with Crippen molar-refractivity contribution in [3.63, 3.8) is 0 Å². The normalized spacial score (nSPS) is 15.8. The second kappa shape index (κ2) is 5.28. The van der Waals surface area contributed by atoms with Crippen molar-refractivity contribution in [1.29, 1.82) is 0 Å². The summed E-state index contributed by atoms with van der Waals surface area (Å²) in [6.45, 7) is 5.21. The molecule has 2 nitrogen and oxygen atoms in total. The van der Waals surface area contributed by atoms with Crippen LogP contribution >= 0.6 is 0 Å². The van der Waals surface area contributed by atoms with Gasteiger partial charge in [-0.25, -0.2) is 0 Å². The van der Waals surface area contributed by atoms with Crippen LogP contribution in [0.25, 0.3) is 0 Å². The average molecular weight is 217 g/mol. The number of hydrogen-bond donors (Lipinski definition) is 1. The van der Waals surface area contributed by atoms with Crippen molar-refractivity contribution in [1.82, 2.24) is 0 Å². The van der Waals surface area contributed by atoms with Gasteiger partial charge in [0, 0.05) is 6.04 Å². The Morgan fingerprint density at radius 2 is 2.19 bits per heavy atom. The van der Waals surface area contributed by atoms with E-state index in [4.69, 9.17) is 10.5 Å². The molecule has 2 rings (SSSR count). The molecular weight excluding hydrogens is 198 g/mol. The zero-order valence-corrected chi connectivity index (χ0v) is 9.61. The van der Waals surface area contributed by atoms with E-state index in [0.29, 0.717) is 0 Å². The number of nitrogens with two attached hydrogens (primary N) is 1. The van der Waals surface area contributed by atoms with Gasteiger partial charge >= 0.3 is 0 Å². The smallest absolute Gasteiger partial charge is 0.0725 e. The van der Waals surface area contributed by atoms with Crippen molar-refractivity contribution < 1.29 is 4.74 Å². The van der Waals surface area contributed by atoms with E-state index in [-0.39, 0.29) is 6.04 Å². The van der Waals surface area contributed by atoms with Gasteiger partial charge in [0.05, 0.1) is 13.2 Å². The Balaban J connectivity index is 2.00. The zero-order chi connectivity index (χ0) is 11.4. The first-order chi connectivity index (χ1) is 7.81. The summed E-state index contributed by atoms with van der Waals surface area (Å²) in [6.07, 6.45) is 5.12. The van der Waals surface area contributed by atoms with Gasteiger partial charge in [-0.05, 0) is 36.0 Å². The van der Waals surface area contributed by atoms with Gasteiger partial charge in [-0.15, -0.1) is 6.58 Å². The minimum atomic E-state index is 0.144. The van der Waals surface area contributed by atoms with Crippen LogP contribution in [0.4, 0.5) is 0 Å². The minimum absolute atomic E-state index is 0.144. The molecule has 2 heteroatoms. The maximum Gasteiger partial charge on any atom is 0.0725 e. The minimum Gasteiger partial charge on any atom is -0.372 e. The molecule has 0 spiro atoms. The van der Waals surface area contributed by atoms with Crippen LogP contribution in [-0.4, -0.2) is 0 Å². The number of ether oxygens (including phenoxy) is 1. The van der Waals surface area contributed by atoms with Crippen molar-refractivity contribution in [2.24, 2.45) is 5.73 Å². The van der Waals surface area contributed by atoms with E-state index in [9.17, 15) is 0 Å². The molecule has 0 aromatic heterocycles. The molecule has 0 fully saturated rings. The van der Waals surface area contributed by atoms with Crippen LogP contribution in [0.15, 0.2) is 30.9 Å². The Bertz CT molecular complexity index is 373. The highest BCUT2D eigenvalue weighted by molar-refractivity contribution is 5.34. The molecule has 86 valence electrons. The summed E-state index contributed by atoms with van der Waals surface area (Å²) >= 11 is 0. The van der Waals surface area contributed by atoms with Crippen LogP contribution in [0.1, 0.15) is 42.0 Å². The van der Waals surface area contributed by atoms with Crippen molar-refractivity contribution in [3.05, 3.63) is 47.5 Å². The number of benzene rings is 1. The standard InChI is InChI=1S/C14H19NO/c1-2-3-4-5-14(15)11-6-7-12-9-16-10-13(12)8-11/h2,6-8,14H,1,3-5,9-10,15H2. The quantitative estimate of drug-likeness (QED) is 0.607. The second-order valence-corrected chi connectivity index (χ2v) is 4.35. The Morgan fingerprint density at radius 1 is 1.38 bits per heavy atom. The summed E-state index contributed by atoms with van der Waals surface area (Å²) in [4.78, 5) is 0. The monoisotopic (exact) mass is 217 g/mol. The number of allylic oxidation sites excluding steroid dienone is 1. The molecule has 1 aromatic rings. The Kier molecular flexibility index (Phi) is 3.75. The fourth-order valence-corrected chi connectivity index (χ4v) is 2.07. The van der Waals surface area contributed by atoms with E-state index in [1.165, 1.54) is 16.7 Å². The molecule has 0 amide bonds. The lowest BCUT2D eigenvalue weighted by Gasteiger charge is -2.12. The van der Waals surface area contributed by atoms with E-state index in [2.05, 4.69) is 24.8 Å². The highest BCUT2D eigenvalue weighted by Gasteiger charge is 2.13. The van der Waals surface area contributed by atoms with Crippen LogP contribution in [0.2, 0.25) is 0 Å². The molecule has 1 heterocycles. The van der Waals surface area contributed by atoms with E-state index >= 15 is 0 Å². The van der Waals surface area contributed by atoms with Gasteiger partial charge in [-0.3, -0.25) is 0 Å². The van der Waals surface area contributed by atoms with Crippen molar-refractivity contribution in [2.45, 2.75) is 38.5 Å². The summed E-state index contributed by atoms with van der Waals surface area (Å²) in [5, 5.41) is 0. The first-order valence-electron chi connectivity index (χ1n) is 5.87. The topological polar surface area (TPSA) is 35.2 Å². The second-order valence-electron chi connectivity index (χ2n) is 4.35. The fraction of sp³-hybridized carbons (Fsp3) is 0.429. The molecule has 0 radical (unpaired) electrons.